The third-order valence-electron chi connectivity index (χ3n) is 11.0. The SMILES string of the molecule is NCCCCN1CC(=O)C(Cc2ccccc2)CC(=O)N(Cc2ccccc2)CC(=O)N(CCCCN)CC(=O)N(Cc2ccccc2)CC(=O)N(Cc2ccccc2)CC1=O. The van der Waals surface area contributed by atoms with Gasteiger partial charge in [0, 0.05) is 45.1 Å². The Bertz CT molecular complexity index is 1810. The van der Waals surface area contributed by atoms with Crippen LogP contribution in [0.5, 0.6) is 0 Å². The van der Waals surface area contributed by atoms with E-state index in [2.05, 4.69) is 0 Å². The number of amides is 5. The van der Waals surface area contributed by atoms with E-state index < -0.39 is 35.5 Å². The predicted molar refractivity (Wildman–Crippen MR) is 239 cm³/mol. The van der Waals surface area contributed by atoms with Gasteiger partial charge >= 0.3 is 0 Å². The minimum Gasteiger partial charge on any atom is -0.334 e. The number of unbranched alkanes of at least 4 members (excludes halogenated alkanes) is 2. The Hall–Kier alpha value is -6.18. The fourth-order valence-corrected chi connectivity index (χ4v) is 7.49. The summed E-state index contributed by atoms with van der Waals surface area (Å²) in [6.07, 6.45) is 2.28. The van der Waals surface area contributed by atoms with Gasteiger partial charge in [-0.3, -0.25) is 28.8 Å². The first kappa shape index (κ1) is 46.9. The lowest BCUT2D eigenvalue weighted by atomic mass is 9.91. The molecule has 5 rings (SSSR count). The van der Waals surface area contributed by atoms with Gasteiger partial charge in [-0.25, -0.2) is 0 Å². The first-order valence-corrected chi connectivity index (χ1v) is 21.6. The smallest absolute Gasteiger partial charge is 0.242 e. The molecule has 1 aliphatic heterocycles. The average Bonchev–Trinajstić information content (AvgIpc) is 3.28. The molecule has 1 atom stereocenters. The lowest BCUT2D eigenvalue weighted by Gasteiger charge is -2.33. The summed E-state index contributed by atoms with van der Waals surface area (Å²) < 4.78 is 0. The van der Waals surface area contributed by atoms with E-state index in [1.54, 1.807) is 0 Å². The Labute approximate surface area is 365 Å². The highest BCUT2D eigenvalue weighted by Crippen LogP contribution is 2.20. The maximum Gasteiger partial charge on any atom is 0.242 e. The van der Waals surface area contributed by atoms with Crippen molar-refractivity contribution < 1.29 is 28.8 Å². The van der Waals surface area contributed by atoms with Gasteiger partial charge in [0.15, 0.2) is 5.78 Å². The molecule has 4 N–H and O–H groups in total. The quantitative estimate of drug-likeness (QED) is 0.159. The number of ketones is 1. The van der Waals surface area contributed by atoms with Crippen molar-refractivity contribution in [3.05, 3.63) is 144 Å². The predicted octanol–water partition coefficient (Wildman–Crippen LogP) is 4.04. The summed E-state index contributed by atoms with van der Waals surface area (Å²) in [6.45, 7) is -0.256. The van der Waals surface area contributed by atoms with E-state index in [4.69, 9.17) is 11.5 Å². The van der Waals surface area contributed by atoms with Crippen LogP contribution in [0, 0.1) is 5.92 Å². The minimum absolute atomic E-state index is 0.0739. The largest absolute Gasteiger partial charge is 0.334 e. The van der Waals surface area contributed by atoms with Gasteiger partial charge in [-0.2, -0.15) is 0 Å². The van der Waals surface area contributed by atoms with Crippen molar-refractivity contribution in [1.29, 1.82) is 0 Å². The van der Waals surface area contributed by atoms with Crippen molar-refractivity contribution in [1.82, 2.24) is 24.5 Å². The molecule has 1 unspecified atom stereocenters. The van der Waals surface area contributed by atoms with E-state index in [1.165, 1.54) is 24.5 Å². The van der Waals surface area contributed by atoms with Gasteiger partial charge in [0.05, 0.1) is 13.1 Å². The van der Waals surface area contributed by atoms with Gasteiger partial charge in [-0.05, 0) is 67.4 Å². The Morgan fingerprint density at radius 2 is 0.710 bits per heavy atom. The van der Waals surface area contributed by atoms with Gasteiger partial charge in [-0.1, -0.05) is 121 Å². The zero-order chi connectivity index (χ0) is 44.1. The molecular weight excluding hydrogens is 783 g/mol. The van der Waals surface area contributed by atoms with E-state index in [0.29, 0.717) is 38.8 Å². The molecule has 13 heteroatoms. The number of hydrogen-bond acceptors (Lipinski definition) is 8. The van der Waals surface area contributed by atoms with Crippen molar-refractivity contribution in [2.75, 3.05) is 58.9 Å². The van der Waals surface area contributed by atoms with Gasteiger partial charge in [0.1, 0.15) is 19.6 Å². The van der Waals surface area contributed by atoms with E-state index in [-0.39, 0.29) is 84.1 Å². The Balaban J connectivity index is 1.58. The molecule has 328 valence electrons. The first-order chi connectivity index (χ1) is 30.1. The third-order valence-corrected chi connectivity index (χ3v) is 11.0. The second-order valence-corrected chi connectivity index (χ2v) is 15.9. The van der Waals surface area contributed by atoms with Crippen LogP contribution in [0.15, 0.2) is 121 Å². The molecule has 1 aliphatic rings. The summed E-state index contributed by atoms with van der Waals surface area (Å²) >= 11 is 0. The molecular formula is C49H61N7O6. The second-order valence-electron chi connectivity index (χ2n) is 15.9. The molecule has 0 radical (unpaired) electrons. The molecule has 0 bridgehead atoms. The zero-order valence-corrected chi connectivity index (χ0v) is 35.7. The van der Waals surface area contributed by atoms with Gasteiger partial charge < -0.3 is 36.0 Å². The van der Waals surface area contributed by atoms with E-state index >= 15 is 0 Å². The molecule has 0 saturated carbocycles. The number of nitrogens with two attached hydrogens (primary N) is 2. The molecule has 1 saturated heterocycles. The van der Waals surface area contributed by atoms with Crippen LogP contribution in [-0.4, -0.2) is 119 Å². The second kappa shape index (κ2) is 24.9. The topological polar surface area (TPSA) is 171 Å². The zero-order valence-electron chi connectivity index (χ0n) is 35.7. The van der Waals surface area contributed by atoms with Crippen LogP contribution >= 0.6 is 0 Å². The van der Waals surface area contributed by atoms with Crippen LogP contribution in [0.25, 0.3) is 0 Å². The maximum absolute atomic E-state index is 14.6. The summed E-state index contributed by atoms with van der Waals surface area (Å²) in [6, 6.07) is 37.2. The molecule has 13 nitrogen and oxygen atoms in total. The molecule has 4 aromatic carbocycles. The maximum atomic E-state index is 14.6. The highest BCUT2D eigenvalue weighted by atomic mass is 16.2. The molecule has 0 aromatic heterocycles. The van der Waals surface area contributed by atoms with Gasteiger partial charge in [0.25, 0.3) is 0 Å². The van der Waals surface area contributed by atoms with Crippen molar-refractivity contribution in [3.63, 3.8) is 0 Å². The molecule has 0 aliphatic carbocycles. The number of carbonyl (C=O) groups excluding carboxylic acids is 6. The minimum atomic E-state index is -0.835. The molecule has 1 heterocycles. The molecule has 1 fully saturated rings. The monoisotopic (exact) mass is 843 g/mol. The molecule has 4 aromatic rings. The van der Waals surface area contributed by atoms with Gasteiger partial charge in [0.2, 0.25) is 29.5 Å². The molecule has 0 spiro atoms. The Morgan fingerprint density at radius 1 is 0.387 bits per heavy atom. The Morgan fingerprint density at radius 3 is 1.10 bits per heavy atom. The number of carbonyl (C=O) groups is 6. The van der Waals surface area contributed by atoms with Crippen molar-refractivity contribution in [3.8, 4) is 0 Å². The standard InChI is InChI=1S/C49H61N7O6/c50-25-13-15-27-52-34-44(57)43(29-39-17-5-1-6-18-39)30-45(58)54(31-40-19-7-2-8-20-40)36-47(60)53(28-16-14-26-51)35-48(61)56(33-42-23-11-4-12-24-42)38-49(62)55(37-46(52)59)32-41-21-9-3-10-22-41/h1-12,17-24,43H,13-16,25-38,50-51H2. The van der Waals surface area contributed by atoms with Crippen molar-refractivity contribution in [2.45, 2.75) is 58.2 Å². The van der Waals surface area contributed by atoms with Crippen molar-refractivity contribution in [2.24, 2.45) is 17.4 Å². The number of rotatable bonds is 16. The summed E-state index contributed by atoms with van der Waals surface area (Å²) in [5.74, 6) is -3.36. The molecule has 62 heavy (non-hydrogen) atoms. The molecule has 5 amide bonds. The fourth-order valence-electron chi connectivity index (χ4n) is 7.49. The summed E-state index contributed by atoms with van der Waals surface area (Å²) in [5, 5.41) is 0. The van der Waals surface area contributed by atoms with E-state index in [1.807, 2.05) is 121 Å². The lowest BCUT2D eigenvalue weighted by molar-refractivity contribution is -0.149. The van der Waals surface area contributed by atoms with Crippen LogP contribution in [0.1, 0.15) is 54.4 Å². The van der Waals surface area contributed by atoms with Crippen LogP contribution in [0.2, 0.25) is 0 Å². The van der Waals surface area contributed by atoms with Crippen LogP contribution < -0.4 is 11.5 Å². The highest BCUT2D eigenvalue weighted by molar-refractivity contribution is 5.94. The van der Waals surface area contributed by atoms with E-state index in [0.717, 1.165) is 22.3 Å². The first-order valence-electron chi connectivity index (χ1n) is 21.6. The van der Waals surface area contributed by atoms with Crippen molar-refractivity contribution >= 4 is 35.3 Å². The summed E-state index contributed by atoms with van der Waals surface area (Å²) in [5.41, 5.74) is 14.9. The van der Waals surface area contributed by atoms with Crippen LogP contribution in [0.3, 0.4) is 0 Å². The number of nitrogens with zero attached hydrogens (tertiary/aromatic N) is 5. The number of Topliss-reactive ketones (excluding diaryl/α,β-unsaturated/α-hetero) is 1. The summed E-state index contributed by atoms with van der Waals surface area (Å²) in [7, 11) is 0. The highest BCUT2D eigenvalue weighted by Gasteiger charge is 2.32. The van der Waals surface area contributed by atoms with Gasteiger partial charge in [-0.15, -0.1) is 0 Å². The summed E-state index contributed by atoms with van der Waals surface area (Å²) in [4.78, 5) is 94.3. The lowest BCUT2D eigenvalue weighted by Crippen LogP contribution is -2.51. The third kappa shape index (κ3) is 15.1. The Kier molecular flexibility index (Phi) is 18.8. The van der Waals surface area contributed by atoms with Crippen LogP contribution in [-0.2, 0) is 54.8 Å². The number of benzene rings is 4. The average molecular weight is 844 g/mol. The normalized spacial score (nSPS) is 16.8. The number of hydrogen-bond donors (Lipinski definition) is 2. The fraction of sp³-hybridized carbons (Fsp3) is 0.388. The van der Waals surface area contributed by atoms with Crippen LogP contribution in [0.4, 0.5) is 0 Å². The van der Waals surface area contributed by atoms with E-state index in [9.17, 15) is 28.8 Å².